The van der Waals surface area contributed by atoms with E-state index in [1.54, 1.807) is 23.5 Å². The van der Waals surface area contributed by atoms with Crippen molar-refractivity contribution in [1.82, 2.24) is 14.8 Å². The number of anilines is 1. The minimum atomic E-state index is -0.201. The number of hydrogen-bond acceptors (Lipinski definition) is 5. The highest BCUT2D eigenvalue weighted by atomic mass is 32.1. The summed E-state index contributed by atoms with van der Waals surface area (Å²) < 4.78 is 20.2. The number of benzene rings is 1. The molecule has 5 nitrogen and oxygen atoms in total. The van der Waals surface area contributed by atoms with Gasteiger partial charge in [-0.1, -0.05) is 0 Å². The van der Waals surface area contributed by atoms with Gasteiger partial charge in [-0.3, -0.25) is 9.80 Å². The molecule has 0 spiro atoms. The third kappa shape index (κ3) is 4.12. The van der Waals surface area contributed by atoms with E-state index in [9.17, 15) is 4.39 Å². The van der Waals surface area contributed by atoms with Gasteiger partial charge in [0.25, 0.3) is 0 Å². The topological polar surface area (TPSA) is 34.7 Å². The number of piperazine rings is 1. The Bertz CT molecular complexity index is 1050. The molecule has 3 aromatic rings. The van der Waals surface area contributed by atoms with Crippen molar-refractivity contribution in [2.24, 2.45) is 0 Å². The molecule has 1 saturated carbocycles. The first-order valence-corrected chi connectivity index (χ1v) is 12.3. The molecular weight excluding hydrogens is 411 g/mol. The van der Waals surface area contributed by atoms with Crippen LogP contribution in [-0.2, 0) is 4.74 Å². The van der Waals surface area contributed by atoms with E-state index in [0.717, 1.165) is 66.7 Å². The molecule has 3 aliphatic rings. The van der Waals surface area contributed by atoms with Gasteiger partial charge in [0, 0.05) is 90.5 Å². The van der Waals surface area contributed by atoms with Gasteiger partial charge < -0.3 is 14.6 Å². The molecule has 3 fully saturated rings. The number of ether oxygens (including phenoxy) is 1. The fourth-order valence-electron chi connectivity index (χ4n) is 5.07. The number of halogens is 1. The van der Waals surface area contributed by atoms with Gasteiger partial charge in [0.1, 0.15) is 5.82 Å². The zero-order valence-corrected chi connectivity index (χ0v) is 18.5. The first-order chi connectivity index (χ1) is 15.2. The lowest BCUT2D eigenvalue weighted by molar-refractivity contribution is 0.00422. The molecule has 2 aromatic heterocycles. The van der Waals surface area contributed by atoms with Crippen LogP contribution in [0.4, 0.5) is 10.1 Å². The molecule has 6 rings (SSSR count). The lowest BCUT2D eigenvalue weighted by Crippen LogP contribution is -2.52. The monoisotopic (exact) mass is 440 g/mol. The second kappa shape index (κ2) is 8.20. The number of H-pyrrole nitrogens is 1. The molecule has 1 aliphatic carbocycles. The standard InChI is InChI=1S/C24H29FN4OS/c25-17-11-22(21-3-4-26-23(21)12-17)24-13-19(16-31-24)29-9-10-30-20(15-29)14-27-5-7-28(8-6-27)18-1-2-18/h3-4,11-13,16,18,20,26H,1-2,5-10,14-15H2. The van der Waals surface area contributed by atoms with Crippen LogP contribution in [0.3, 0.4) is 0 Å². The van der Waals surface area contributed by atoms with Gasteiger partial charge in [-0.15, -0.1) is 11.3 Å². The smallest absolute Gasteiger partial charge is 0.125 e. The van der Waals surface area contributed by atoms with Crippen LogP contribution in [0.15, 0.2) is 35.8 Å². The molecule has 7 heteroatoms. The number of hydrogen-bond donors (Lipinski definition) is 1. The van der Waals surface area contributed by atoms with Crippen LogP contribution in [0.25, 0.3) is 21.3 Å². The summed E-state index contributed by atoms with van der Waals surface area (Å²) in [4.78, 5) is 11.9. The van der Waals surface area contributed by atoms with Crippen molar-refractivity contribution in [3.8, 4) is 10.4 Å². The quantitative estimate of drug-likeness (QED) is 0.650. The number of aromatic nitrogens is 1. The average molecular weight is 441 g/mol. The van der Waals surface area contributed by atoms with E-state index in [0.29, 0.717) is 0 Å². The number of aromatic amines is 1. The zero-order valence-electron chi connectivity index (χ0n) is 17.7. The number of nitrogens with one attached hydrogen (secondary N) is 1. The summed E-state index contributed by atoms with van der Waals surface area (Å²) in [6.07, 6.45) is 4.91. The summed E-state index contributed by atoms with van der Waals surface area (Å²) in [6.45, 7) is 8.33. The van der Waals surface area contributed by atoms with Crippen molar-refractivity contribution in [2.45, 2.75) is 25.0 Å². The van der Waals surface area contributed by atoms with Crippen molar-refractivity contribution in [1.29, 1.82) is 0 Å². The zero-order chi connectivity index (χ0) is 20.8. The van der Waals surface area contributed by atoms with E-state index >= 15 is 0 Å². The molecule has 1 atom stereocenters. The van der Waals surface area contributed by atoms with Crippen LogP contribution in [-0.4, -0.2) is 79.3 Å². The van der Waals surface area contributed by atoms with Gasteiger partial charge in [0.05, 0.1) is 12.7 Å². The molecule has 2 aliphatic heterocycles. The minimum Gasteiger partial charge on any atom is -0.373 e. The molecule has 2 saturated heterocycles. The molecule has 4 heterocycles. The van der Waals surface area contributed by atoms with Gasteiger partial charge in [-0.2, -0.15) is 0 Å². The van der Waals surface area contributed by atoms with Crippen LogP contribution in [0.2, 0.25) is 0 Å². The predicted molar refractivity (Wildman–Crippen MR) is 125 cm³/mol. The SMILES string of the molecule is Fc1cc(-c2cc(N3CCOC(CN4CCN(C5CC5)CC4)C3)cs2)c2cc[nH]c2c1. The van der Waals surface area contributed by atoms with Crippen LogP contribution in [0, 0.1) is 5.82 Å². The van der Waals surface area contributed by atoms with Crippen LogP contribution >= 0.6 is 11.3 Å². The molecule has 1 N–H and O–H groups in total. The van der Waals surface area contributed by atoms with Gasteiger partial charge >= 0.3 is 0 Å². The van der Waals surface area contributed by atoms with Gasteiger partial charge in [0.15, 0.2) is 0 Å². The molecule has 1 aromatic carbocycles. The molecule has 0 amide bonds. The minimum absolute atomic E-state index is 0.201. The summed E-state index contributed by atoms with van der Waals surface area (Å²) >= 11 is 1.69. The Morgan fingerprint density at radius 3 is 2.81 bits per heavy atom. The first kappa shape index (κ1) is 19.7. The number of nitrogens with zero attached hydrogens (tertiary/aromatic N) is 3. The fourth-order valence-corrected chi connectivity index (χ4v) is 6.02. The van der Waals surface area contributed by atoms with Crippen LogP contribution in [0.1, 0.15) is 12.8 Å². The van der Waals surface area contributed by atoms with Crippen molar-refractivity contribution in [3.63, 3.8) is 0 Å². The molecule has 31 heavy (non-hydrogen) atoms. The van der Waals surface area contributed by atoms with E-state index in [2.05, 4.69) is 31.1 Å². The lowest BCUT2D eigenvalue weighted by Gasteiger charge is -2.39. The van der Waals surface area contributed by atoms with E-state index in [1.165, 1.54) is 31.6 Å². The Morgan fingerprint density at radius 2 is 1.97 bits per heavy atom. The fraction of sp³-hybridized carbons (Fsp3) is 0.500. The Labute approximate surface area is 186 Å². The van der Waals surface area contributed by atoms with Crippen molar-refractivity contribution >= 4 is 27.9 Å². The van der Waals surface area contributed by atoms with Crippen LogP contribution < -0.4 is 4.90 Å². The average Bonchev–Trinajstić information content (AvgIpc) is 3.32. The maximum absolute atomic E-state index is 14.1. The second-order valence-electron chi connectivity index (χ2n) is 9.07. The Morgan fingerprint density at radius 1 is 1.10 bits per heavy atom. The summed E-state index contributed by atoms with van der Waals surface area (Å²) in [5, 5.41) is 3.27. The normalized spacial score (nSPS) is 23.6. The lowest BCUT2D eigenvalue weighted by atomic mass is 10.1. The second-order valence-corrected chi connectivity index (χ2v) is 9.98. The van der Waals surface area contributed by atoms with E-state index in [4.69, 9.17) is 4.74 Å². The third-order valence-corrected chi connectivity index (χ3v) is 7.87. The summed E-state index contributed by atoms with van der Waals surface area (Å²) in [5.74, 6) is -0.201. The molecule has 164 valence electrons. The van der Waals surface area contributed by atoms with E-state index < -0.39 is 0 Å². The highest BCUT2D eigenvalue weighted by Gasteiger charge is 2.32. The highest BCUT2D eigenvalue weighted by molar-refractivity contribution is 7.14. The highest BCUT2D eigenvalue weighted by Crippen LogP contribution is 2.37. The molecular formula is C24H29FN4OS. The summed E-state index contributed by atoms with van der Waals surface area (Å²) in [7, 11) is 0. The van der Waals surface area contributed by atoms with Crippen molar-refractivity contribution in [3.05, 3.63) is 41.7 Å². The van der Waals surface area contributed by atoms with Gasteiger partial charge in [-0.25, -0.2) is 4.39 Å². The number of rotatable bonds is 5. The summed E-state index contributed by atoms with van der Waals surface area (Å²) in [6, 6.07) is 8.32. The van der Waals surface area contributed by atoms with Crippen molar-refractivity contribution in [2.75, 3.05) is 57.3 Å². The molecule has 0 bridgehead atoms. The van der Waals surface area contributed by atoms with Gasteiger partial charge in [0.2, 0.25) is 0 Å². The number of morpholine rings is 1. The maximum Gasteiger partial charge on any atom is 0.125 e. The first-order valence-electron chi connectivity index (χ1n) is 11.4. The predicted octanol–water partition coefficient (Wildman–Crippen LogP) is 4.02. The third-order valence-electron chi connectivity index (χ3n) is 6.92. The molecule has 1 unspecified atom stereocenters. The Balaban J connectivity index is 1.12. The van der Waals surface area contributed by atoms with Crippen molar-refractivity contribution < 1.29 is 9.13 Å². The maximum atomic E-state index is 14.1. The Hall–Kier alpha value is -1.93. The van der Waals surface area contributed by atoms with Gasteiger partial charge in [-0.05, 0) is 37.1 Å². The number of fused-ring (bicyclic) bond motifs is 1. The van der Waals surface area contributed by atoms with E-state index in [-0.39, 0.29) is 11.9 Å². The van der Waals surface area contributed by atoms with E-state index in [1.807, 2.05) is 12.3 Å². The van der Waals surface area contributed by atoms with Crippen LogP contribution in [0.5, 0.6) is 0 Å². The Kier molecular flexibility index (Phi) is 5.22. The molecule has 0 radical (unpaired) electrons. The summed E-state index contributed by atoms with van der Waals surface area (Å²) in [5.41, 5.74) is 3.03. The number of thiophene rings is 1. The largest absolute Gasteiger partial charge is 0.373 e.